The van der Waals surface area contributed by atoms with Gasteiger partial charge in [0.2, 0.25) is 5.91 Å². The molecule has 1 fully saturated rings. The molecule has 1 heterocycles. The van der Waals surface area contributed by atoms with Gasteiger partial charge in [0, 0.05) is 29.6 Å². The molecule has 0 aliphatic carbocycles. The first-order valence-electron chi connectivity index (χ1n) is 9.30. The number of nitrogens with zero attached hydrogens (tertiary/aromatic N) is 1. The summed E-state index contributed by atoms with van der Waals surface area (Å²) in [5.41, 5.74) is 1.80. The van der Waals surface area contributed by atoms with Crippen molar-refractivity contribution in [1.29, 1.82) is 0 Å². The van der Waals surface area contributed by atoms with Gasteiger partial charge in [-0.3, -0.25) is 14.5 Å². The van der Waals surface area contributed by atoms with Gasteiger partial charge in [0.15, 0.2) is 0 Å². The van der Waals surface area contributed by atoms with Gasteiger partial charge in [0.25, 0.3) is 5.91 Å². The highest BCUT2D eigenvalue weighted by Gasteiger charge is 2.37. The summed E-state index contributed by atoms with van der Waals surface area (Å²) in [7, 11) is 0. The van der Waals surface area contributed by atoms with Gasteiger partial charge in [0.05, 0.1) is 0 Å². The predicted molar refractivity (Wildman–Crippen MR) is 112 cm³/mol. The van der Waals surface area contributed by atoms with Crippen LogP contribution in [0, 0.1) is 0 Å². The number of imide groups is 1. The summed E-state index contributed by atoms with van der Waals surface area (Å²) in [5, 5.41) is 6.42. The summed E-state index contributed by atoms with van der Waals surface area (Å²) in [4.78, 5) is 37.9. The number of nitrogens with one attached hydrogen (secondary N) is 2. The van der Waals surface area contributed by atoms with Crippen LogP contribution in [-0.4, -0.2) is 35.3 Å². The Morgan fingerprint density at radius 2 is 1.86 bits per heavy atom. The first-order chi connectivity index (χ1) is 13.9. The fourth-order valence-corrected chi connectivity index (χ4v) is 3.57. The predicted octanol–water partition coefficient (Wildman–Crippen LogP) is 3.55. The Balaban J connectivity index is 1.44. The van der Waals surface area contributed by atoms with Gasteiger partial charge >= 0.3 is 6.03 Å². The topological polar surface area (TPSA) is 78.5 Å². The van der Waals surface area contributed by atoms with Gasteiger partial charge < -0.3 is 10.6 Å². The van der Waals surface area contributed by atoms with Gasteiger partial charge in [-0.05, 0) is 36.1 Å². The zero-order valence-corrected chi connectivity index (χ0v) is 17.2. The van der Waals surface area contributed by atoms with Crippen LogP contribution in [-0.2, 0) is 22.6 Å². The van der Waals surface area contributed by atoms with Gasteiger partial charge in [-0.25, -0.2) is 4.79 Å². The summed E-state index contributed by atoms with van der Waals surface area (Å²) in [5.74, 6) is -0.514. The molecule has 8 heteroatoms. The quantitative estimate of drug-likeness (QED) is 0.624. The molecular weight excluding hydrogens is 413 g/mol. The number of hydrogen-bond donors (Lipinski definition) is 2. The average Bonchev–Trinajstić information content (AvgIpc) is 2.98. The molecule has 0 bridgehead atoms. The maximum Gasteiger partial charge on any atom is 0.324 e. The summed E-state index contributed by atoms with van der Waals surface area (Å²) in [6, 6.07) is 13.6. The highest BCUT2D eigenvalue weighted by Crippen LogP contribution is 2.21. The lowest BCUT2D eigenvalue weighted by Crippen LogP contribution is -2.34. The van der Waals surface area contributed by atoms with Crippen molar-refractivity contribution in [2.24, 2.45) is 0 Å². The van der Waals surface area contributed by atoms with E-state index in [9.17, 15) is 14.4 Å². The molecule has 0 radical (unpaired) electrons. The highest BCUT2D eigenvalue weighted by atomic mass is 35.5. The van der Waals surface area contributed by atoms with Crippen LogP contribution in [0.25, 0.3) is 0 Å². The first kappa shape index (κ1) is 21.1. The molecule has 0 unspecified atom stereocenters. The van der Waals surface area contributed by atoms with Crippen molar-refractivity contribution in [3.05, 3.63) is 69.7 Å². The lowest BCUT2D eigenvalue weighted by atomic mass is 10.1. The van der Waals surface area contributed by atoms with Gasteiger partial charge in [-0.15, -0.1) is 0 Å². The third-order valence-electron chi connectivity index (χ3n) is 4.73. The first-order valence-corrected chi connectivity index (χ1v) is 10.1. The third-order valence-corrected chi connectivity index (χ3v) is 5.31. The Labute approximate surface area is 179 Å². The number of amides is 4. The molecule has 1 saturated heterocycles. The van der Waals surface area contributed by atoms with E-state index in [-0.39, 0.29) is 31.2 Å². The van der Waals surface area contributed by atoms with E-state index in [1.54, 1.807) is 18.2 Å². The molecule has 3 rings (SSSR count). The largest absolute Gasteiger partial charge is 0.352 e. The zero-order valence-electron chi connectivity index (χ0n) is 15.7. The van der Waals surface area contributed by atoms with Gasteiger partial charge in [-0.1, -0.05) is 59.6 Å². The van der Waals surface area contributed by atoms with Crippen LogP contribution in [0.2, 0.25) is 10.0 Å². The molecule has 0 saturated carbocycles. The Morgan fingerprint density at radius 3 is 2.59 bits per heavy atom. The minimum atomic E-state index is -0.678. The lowest BCUT2D eigenvalue weighted by molar-refractivity contribution is -0.127. The molecule has 0 aromatic heterocycles. The monoisotopic (exact) mass is 433 g/mol. The van der Waals surface area contributed by atoms with Crippen molar-refractivity contribution < 1.29 is 14.4 Å². The number of carbonyl (C=O) groups is 3. The van der Waals surface area contributed by atoms with Crippen LogP contribution in [0.4, 0.5) is 4.79 Å². The fourth-order valence-electron chi connectivity index (χ4n) is 3.09. The standard InChI is InChI=1S/C21H21Cl2N3O3/c22-16-7-6-15(17(23)12-16)13-24-19(27)9-8-18-20(28)26(21(29)25-18)11-10-14-4-2-1-3-5-14/h1-7,12,18H,8-11,13H2,(H,24,27)(H,25,29)/t18-/m0/s1. The molecule has 1 aliphatic heterocycles. The second kappa shape index (κ2) is 9.76. The second-order valence-corrected chi connectivity index (χ2v) is 7.62. The molecular formula is C21H21Cl2N3O3. The molecule has 29 heavy (non-hydrogen) atoms. The average molecular weight is 434 g/mol. The number of hydrogen-bond acceptors (Lipinski definition) is 3. The molecule has 152 valence electrons. The van der Waals surface area contributed by atoms with Crippen LogP contribution in [0.5, 0.6) is 0 Å². The highest BCUT2D eigenvalue weighted by molar-refractivity contribution is 6.35. The lowest BCUT2D eigenvalue weighted by Gasteiger charge is -2.13. The van der Waals surface area contributed by atoms with Crippen LogP contribution in [0.15, 0.2) is 48.5 Å². The van der Waals surface area contributed by atoms with Crippen LogP contribution in [0.3, 0.4) is 0 Å². The van der Waals surface area contributed by atoms with Crippen molar-refractivity contribution in [2.75, 3.05) is 6.54 Å². The van der Waals surface area contributed by atoms with Crippen molar-refractivity contribution in [2.45, 2.75) is 31.8 Å². The zero-order chi connectivity index (χ0) is 20.8. The number of urea groups is 1. The molecule has 1 aliphatic rings. The minimum Gasteiger partial charge on any atom is -0.352 e. The minimum absolute atomic E-state index is 0.119. The van der Waals surface area contributed by atoms with Crippen molar-refractivity contribution in [1.82, 2.24) is 15.5 Å². The molecule has 1 atom stereocenters. The number of halogens is 2. The van der Waals surface area contributed by atoms with E-state index in [0.29, 0.717) is 23.0 Å². The Morgan fingerprint density at radius 1 is 1.10 bits per heavy atom. The number of rotatable bonds is 8. The molecule has 2 aromatic rings. The van der Waals surface area contributed by atoms with E-state index < -0.39 is 12.1 Å². The molecule has 4 amide bonds. The molecule has 2 aromatic carbocycles. The Bertz CT molecular complexity index is 905. The van der Waals surface area contributed by atoms with Gasteiger partial charge in [-0.2, -0.15) is 0 Å². The Kier molecular flexibility index (Phi) is 7.12. The fraction of sp³-hybridized carbons (Fsp3) is 0.286. The maximum atomic E-state index is 12.5. The van der Waals surface area contributed by atoms with E-state index in [1.807, 2.05) is 30.3 Å². The van der Waals surface area contributed by atoms with E-state index >= 15 is 0 Å². The second-order valence-electron chi connectivity index (χ2n) is 6.78. The van der Waals surface area contributed by atoms with Crippen LogP contribution < -0.4 is 10.6 Å². The summed E-state index contributed by atoms with van der Waals surface area (Å²) >= 11 is 11.9. The third kappa shape index (κ3) is 5.71. The molecule has 0 spiro atoms. The normalized spacial score (nSPS) is 16.1. The van der Waals surface area contributed by atoms with Gasteiger partial charge in [0.1, 0.15) is 6.04 Å². The van der Waals surface area contributed by atoms with Crippen LogP contribution >= 0.6 is 23.2 Å². The SMILES string of the molecule is O=C(CC[C@@H]1NC(=O)N(CCc2ccccc2)C1=O)NCc1ccc(Cl)cc1Cl. The smallest absolute Gasteiger partial charge is 0.324 e. The summed E-state index contributed by atoms with van der Waals surface area (Å²) in [6.45, 7) is 0.579. The number of benzene rings is 2. The maximum absolute atomic E-state index is 12.5. The van der Waals surface area contributed by atoms with Crippen LogP contribution in [0.1, 0.15) is 24.0 Å². The summed E-state index contributed by atoms with van der Waals surface area (Å²) in [6.07, 6.45) is 0.954. The Hall–Kier alpha value is -2.57. The summed E-state index contributed by atoms with van der Waals surface area (Å²) < 4.78 is 0. The van der Waals surface area contributed by atoms with E-state index in [0.717, 1.165) is 11.1 Å². The number of carbonyl (C=O) groups excluding carboxylic acids is 3. The van der Waals surface area contributed by atoms with E-state index in [4.69, 9.17) is 23.2 Å². The van der Waals surface area contributed by atoms with E-state index in [1.165, 1.54) is 4.90 Å². The molecule has 6 nitrogen and oxygen atoms in total. The molecule has 2 N–H and O–H groups in total. The van der Waals surface area contributed by atoms with Crippen molar-refractivity contribution >= 4 is 41.0 Å². The van der Waals surface area contributed by atoms with E-state index in [2.05, 4.69) is 10.6 Å². The van der Waals surface area contributed by atoms with Crippen molar-refractivity contribution in [3.63, 3.8) is 0 Å². The van der Waals surface area contributed by atoms with Crippen molar-refractivity contribution in [3.8, 4) is 0 Å².